The van der Waals surface area contributed by atoms with Crippen molar-refractivity contribution in [3.8, 4) is 0 Å². The van der Waals surface area contributed by atoms with Gasteiger partial charge in [0, 0.05) is 25.3 Å². The Morgan fingerprint density at radius 3 is 2.38 bits per heavy atom. The van der Waals surface area contributed by atoms with Crippen molar-refractivity contribution in [3.63, 3.8) is 0 Å². The van der Waals surface area contributed by atoms with E-state index in [0.717, 1.165) is 43.6 Å². The summed E-state index contributed by atoms with van der Waals surface area (Å²) in [5, 5.41) is 9.04. The smallest absolute Gasteiger partial charge is 0.335 e. The van der Waals surface area contributed by atoms with Gasteiger partial charge in [-0.1, -0.05) is 12.8 Å². The molecular formula is C16H20N2O3. The van der Waals surface area contributed by atoms with Crippen molar-refractivity contribution < 1.29 is 14.7 Å². The van der Waals surface area contributed by atoms with Gasteiger partial charge in [0.2, 0.25) is 0 Å². The first kappa shape index (κ1) is 13.9. The van der Waals surface area contributed by atoms with E-state index in [1.165, 1.54) is 12.8 Å². The molecule has 1 aromatic rings. The lowest BCUT2D eigenvalue weighted by Gasteiger charge is -2.27. The lowest BCUT2D eigenvalue weighted by Crippen LogP contribution is -2.43. The number of hydrogen-bond donors (Lipinski definition) is 1. The molecular weight excluding hydrogens is 268 g/mol. The second-order valence-electron chi connectivity index (χ2n) is 5.73. The van der Waals surface area contributed by atoms with Gasteiger partial charge in [-0.3, -0.25) is 4.90 Å². The highest BCUT2D eigenvalue weighted by atomic mass is 16.4. The lowest BCUT2D eigenvalue weighted by atomic mass is 10.1. The third-order valence-electron chi connectivity index (χ3n) is 4.33. The van der Waals surface area contributed by atoms with E-state index in [1.807, 2.05) is 4.90 Å². The molecule has 1 N–H and O–H groups in total. The molecule has 2 aliphatic rings. The Balaban J connectivity index is 1.80. The van der Waals surface area contributed by atoms with Crippen LogP contribution in [0.2, 0.25) is 0 Å². The largest absolute Gasteiger partial charge is 0.478 e. The summed E-state index contributed by atoms with van der Waals surface area (Å²) in [5.41, 5.74) is 2.12. The molecule has 0 spiro atoms. The average Bonchev–Trinajstić information content (AvgIpc) is 2.71. The van der Waals surface area contributed by atoms with Crippen LogP contribution in [0.15, 0.2) is 18.2 Å². The molecule has 0 bridgehead atoms. The maximum Gasteiger partial charge on any atom is 0.335 e. The van der Waals surface area contributed by atoms with Crippen molar-refractivity contribution in [1.29, 1.82) is 0 Å². The van der Waals surface area contributed by atoms with Gasteiger partial charge in [-0.25, -0.2) is 9.59 Å². The van der Waals surface area contributed by atoms with Crippen molar-refractivity contribution in [1.82, 2.24) is 4.90 Å². The normalized spacial score (nSPS) is 18.3. The number of fused-ring (bicyclic) bond motifs is 1. The van der Waals surface area contributed by atoms with Gasteiger partial charge in [0.05, 0.1) is 5.56 Å². The van der Waals surface area contributed by atoms with Crippen molar-refractivity contribution in [2.24, 2.45) is 0 Å². The number of benzene rings is 1. The number of carboxylic acid groups (broad SMARTS) is 1. The van der Waals surface area contributed by atoms with Crippen molar-refractivity contribution in [2.75, 3.05) is 24.5 Å². The second kappa shape index (κ2) is 5.76. The van der Waals surface area contributed by atoms with Crippen LogP contribution in [0.3, 0.4) is 0 Å². The fourth-order valence-electron chi connectivity index (χ4n) is 3.17. The van der Waals surface area contributed by atoms with E-state index in [9.17, 15) is 9.59 Å². The molecule has 21 heavy (non-hydrogen) atoms. The molecule has 0 unspecified atom stereocenters. The quantitative estimate of drug-likeness (QED) is 0.864. The molecule has 3 rings (SSSR count). The van der Waals surface area contributed by atoms with Gasteiger partial charge < -0.3 is 10.0 Å². The number of aromatic carboxylic acids is 1. The Hall–Kier alpha value is -2.04. The summed E-state index contributed by atoms with van der Waals surface area (Å²) in [5.74, 6) is -0.921. The number of nitrogens with zero attached hydrogens (tertiary/aromatic N) is 2. The van der Waals surface area contributed by atoms with Crippen LogP contribution in [-0.2, 0) is 6.42 Å². The van der Waals surface area contributed by atoms with E-state index in [4.69, 9.17) is 5.11 Å². The maximum absolute atomic E-state index is 12.7. The van der Waals surface area contributed by atoms with Gasteiger partial charge in [0.25, 0.3) is 0 Å². The van der Waals surface area contributed by atoms with Crippen LogP contribution in [0.5, 0.6) is 0 Å². The highest BCUT2D eigenvalue weighted by molar-refractivity contribution is 5.96. The van der Waals surface area contributed by atoms with E-state index < -0.39 is 5.97 Å². The predicted molar refractivity (Wildman–Crippen MR) is 79.9 cm³/mol. The first-order chi connectivity index (χ1) is 10.2. The summed E-state index contributed by atoms with van der Waals surface area (Å²) >= 11 is 0. The molecule has 2 amide bonds. The number of hydrogen-bond acceptors (Lipinski definition) is 2. The fourth-order valence-corrected chi connectivity index (χ4v) is 3.17. The number of carboxylic acids is 1. The van der Waals surface area contributed by atoms with Crippen molar-refractivity contribution in [2.45, 2.75) is 32.1 Å². The molecule has 0 aliphatic carbocycles. The van der Waals surface area contributed by atoms with Crippen LogP contribution in [0.4, 0.5) is 10.5 Å². The van der Waals surface area contributed by atoms with Gasteiger partial charge in [0.15, 0.2) is 0 Å². The van der Waals surface area contributed by atoms with Gasteiger partial charge >= 0.3 is 12.0 Å². The second-order valence-corrected chi connectivity index (χ2v) is 5.73. The number of amides is 2. The SMILES string of the molecule is O=C(O)c1ccc2c(c1)CCN2C(=O)N1CCCCCC1. The lowest BCUT2D eigenvalue weighted by molar-refractivity contribution is 0.0697. The number of carbonyl (C=O) groups is 2. The highest BCUT2D eigenvalue weighted by Crippen LogP contribution is 2.30. The van der Waals surface area contributed by atoms with Gasteiger partial charge in [0.1, 0.15) is 0 Å². The summed E-state index contributed by atoms with van der Waals surface area (Å²) < 4.78 is 0. The number of carbonyl (C=O) groups excluding carboxylic acids is 1. The summed E-state index contributed by atoms with van der Waals surface area (Å²) in [6.45, 7) is 2.31. The van der Waals surface area contributed by atoms with E-state index in [1.54, 1.807) is 23.1 Å². The zero-order chi connectivity index (χ0) is 14.8. The first-order valence-electron chi connectivity index (χ1n) is 7.59. The number of rotatable bonds is 1. The molecule has 5 heteroatoms. The molecule has 0 radical (unpaired) electrons. The predicted octanol–water partition coefficient (Wildman–Crippen LogP) is 2.74. The zero-order valence-corrected chi connectivity index (χ0v) is 12.0. The van der Waals surface area contributed by atoms with Crippen LogP contribution in [0, 0.1) is 0 Å². The van der Waals surface area contributed by atoms with E-state index in [2.05, 4.69) is 0 Å². The van der Waals surface area contributed by atoms with Crippen LogP contribution in [-0.4, -0.2) is 41.6 Å². The molecule has 2 heterocycles. The van der Waals surface area contributed by atoms with Gasteiger partial charge in [-0.15, -0.1) is 0 Å². The highest BCUT2D eigenvalue weighted by Gasteiger charge is 2.29. The third kappa shape index (κ3) is 2.73. The van der Waals surface area contributed by atoms with Crippen LogP contribution in [0.1, 0.15) is 41.6 Å². The zero-order valence-electron chi connectivity index (χ0n) is 12.0. The maximum atomic E-state index is 12.7. The monoisotopic (exact) mass is 288 g/mol. The first-order valence-corrected chi connectivity index (χ1v) is 7.59. The molecule has 1 aromatic carbocycles. The summed E-state index contributed by atoms with van der Waals surface area (Å²) in [4.78, 5) is 27.4. The van der Waals surface area contributed by atoms with Crippen LogP contribution < -0.4 is 4.90 Å². The van der Waals surface area contributed by atoms with Gasteiger partial charge in [-0.2, -0.15) is 0 Å². The molecule has 112 valence electrons. The van der Waals surface area contributed by atoms with E-state index in [-0.39, 0.29) is 11.6 Å². The van der Waals surface area contributed by atoms with Gasteiger partial charge in [-0.05, 0) is 43.0 Å². The summed E-state index contributed by atoms with van der Waals surface area (Å²) in [6.07, 6.45) is 5.27. The van der Waals surface area contributed by atoms with Crippen LogP contribution >= 0.6 is 0 Å². The molecule has 2 aliphatic heterocycles. The minimum atomic E-state index is -0.921. The number of likely N-dealkylation sites (tertiary alicyclic amines) is 1. The Morgan fingerprint density at radius 1 is 1.00 bits per heavy atom. The van der Waals surface area contributed by atoms with Crippen LogP contribution in [0.25, 0.3) is 0 Å². The standard InChI is InChI=1S/C16H20N2O3/c19-15(20)13-5-6-14-12(11-13)7-10-18(14)16(21)17-8-3-1-2-4-9-17/h5-6,11H,1-4,7-10H2,(H,19,20). The topological polar surface area (TPSA) is 60.9 Å². The molecule has 0 aromatic heterocycles. The Kier molecular flexibility index (Phi) is 3.82. The summed E-state index contributed by atoms with van der Waals surface area (Å²) in [7, 11) is 0. The third-order valence-corrected chi connectivity index (χ3v) is 4.33. The Bertz CT molecular complexity index is 563. The Morgan fingerprint density at radius 2 is 1.71 bits per heavy atom. The van der Waals surface area contributed by atoms with Crippen molar-refractivity contribution in [3.05, 3.63) is 29.3 Å². The number of urea groups is 1. The summed E-state index contributed by atoms with van der Waals surface area (Å²) in [6, 6.07) is 5.10. The fraction of sp³-hybridized carbons (Fsp3) is 0.500. The molecule has 0 atom stereocenters. The minimum absolute atomic E-state index is 0.0683. The van der Waals surface area contributed by atoms with E-state index in [0.29, 0.717) is 6.54 Å². The average molecular weight is 288 g/mol. The van der Waals surface area contributed by atoms with E-state index >= 15 is 0 Å². The minimum Gasteiger partial charge on any atom is -0.478 e. The molecule has 1 fully saturated rings. The van der Waals surface area contributed by atoms with Crippen molar-refractivity contribution >= 4 is 17.7 Å². The Labute approximate surface area is 124 Å². The molecule has 5 nitrogen and oxygen atoms in total. The molecule has 1 saturated heterocycles. The molecule has 0 saturated carbocycles. The number of anilines is 1.